The zero-order valence-corrected chi connectivity index (χ0v) is 8.89. The van der Waals surface area contributed by atoms with Crippen molar-refractivity contribution in [3.8, 4) is 11.8 Å². The van der Waals surface area contributed by atoms with Gasteiger partial charge in [0, 0.05) is 6.04 Å². The normalized spacial score (nSPS) is 26.1. The fraction of sp³-hybridized carbons (Fsp3) is 0.727. The van der Waals surface area contributed by atoms with Gasteiger partial charge in [-0.3, -0.25) is 4.79 Å². The van der Waals surface area contributed by atoms with Crippen LogP contribution in [0.25, 0.3) is 0 Å². The van der Waals surface area contributed by atoms with E-state index < -0.39 is 0 Å². The fourth-order valence-electron chi connectivity index (χ4n) is 1.75. The smallest absolute Gasteiger partial charge is 0.225 e. The molecule has 78 valence electrons. The third-order valence-corrected chi connectivity index (χ3v) is 2.63. The van der Waals surface area contributed by atoms with Crippen LogP contribution >= 0.6 is 0 Å². The number of carbonyl (C=O) groups excluding carboxylic acids is 1. The molecule has 2 N–H and O–H groups in total. The van der Waals surface area contributed by atoms with Crippen LogP contribution in [-0.2, 0) is 4.79 Å². The highest BCUT2D eigenvalue weighted by molar-refractivity contribution is 5.79. The summed E-state index contributed by atoms with van der Waals surface area (Å²) in [5.74, 6) is 5.83. The van der Waals surface area contributed by atoms with E-state index in [2.05, 4.69) is 29.4 Å². The summed E-state index contributed by atoms with van der Waals surface area (Å²) in [6, 6.07) is 0.290. The van der Waals surface area contributed by atoms with E-state index in [0.717, 1.165) is 19.4 Å². The SMILES string of the molecule is CC#CCNC(=O)[C@@H]1CCCN[C@@H]1C. The number of nitrogens with one attached hydrogen (secondary N) is 2. The third-order valence-electron chi connectivity index (χ3n) is 2.63. The van der Waals surface area contributed by atoms with Gasteiger partial charge in [0.15, 0.2) is 0 Å². The summed E-state index contributed by atoms with van der Waals surface area (Å²) in [5.41, 5.74) is 0. The molecule has 1 aliphatic heterocycles. The molecule has 14 heavy (non-hydrogen) atoms. The quantitative estimate of drug-likeness (QED) is 0.629. The largest absolute Gasteiger partial charge is 0.345 e. The Bertz CT molecular complexity index is 252. The zero-order valence-electron chi connectivity index (χ0n) is 8.89. The average Bonchev–Trinajstić information content (AvgIpc) is 2.18. The average molecular weight is 194 g/mol. The molecule has 1 heterocycles. The Balaban J connectivity index is 2.36. The van der Waals surface area contributed by atoms with E-state index in [0.29, 0.717) is 12.6 Å². The predicted molar refractivity (Wildman–Crippen MR) is 56.6 cm³/mol. The highest BCUT2D eigenvalue weighted by Gasteiger charge is 2.26. The Morgan fingerprint density at radius 2 is 2.43 bits per heavy atom. The standard InChI is InChI=1S/C11H18N2O/c1-3-4-7-13-11(14)10-6-5-8-12-9(10)2/h9-10,12H,5-8H2,1-2H3,(H,13,14)/t9-,10-/m1/s1. The number of carbonyl (C=O) groups is 1. The van der Waals surface area contributed by atoms with Crippen molar-refractivity contribution in [3.63, 3.8) is 0 Å². The molecule has 0 aromatic carbocycles. The van der Waals surface area contributed by atoms with Gasteiger partial charge in [0.25, 0.3) is 0 Å². The predicted octanol–water partition coefficient (Wildman–Crippen LogP) is 0.514. The molecule has 3 nitrogen and oxygen atoms in total. The van der Waals surface area contributed by atoms with Crippen LogP contribution in [0.4, 0.5) is 0 Å². The lowest BCUT2D eigenvalue weighted by Gasteiger charge is -2.28. The lowest BCUT2D eigenvalue weighted by molar-refractivity contribution is -0.126. The van der Waals surface area contributed by atoms with Crippen molar-refractivity contribution in [1.82, 2.24) is 10.6 Å². The van der Waals surface area contributed by atoms with Crippen molar-refractivity contribution in [2.24, 2.45) is 5.92 Å². The Kier molecular flexibility index (Phi) is 4.48. The van der Waals surface area contributed by atoms with Gasteiger partial charge in [-0.15, -0.1) is 5.92 Å². The van der Waals surface area contributed by atoms with E-state index >= 15 is 0 Å². The first kappa shape index (κ1) is 11.1. The molecule has 0 radical (unpaired) electrons. The molecule has 1 saturated heterocycles. The van der Waals surface area contributed by atoms with Gasteiger partial charge in [-0.05, 0) is 33.2 Å². The molecule has 0 bridgehead atoms. The van der Waals surface area contributed by atoms with Gasteiger partial charge >= 0.3 is 0 Å². The monoisotopic (exact) mass is 194 g/mol. The lowest BCUT2D eigenvalue weighted by Crippen LogP contribution is -2.46. The first-order valence-electron chi connectivity index (χ1n) is 5.16. The van der Waals surface area contributed by atoms with Gasteiger partial charge in [-0.25, -0.2) is 0 Å². The van der Waals surface area contributed by atoms with Gasteiger partial charge in [0.05, 0.1) is 12.5 Å². The summed E-state index contributed by atoms with van der Waals surface area (Å²) >= 11 is 0. The van der Waals surface area contributed by atoms with Crippen molar-refractivity contribution >= 4 is 5.91 Å². The van der Waals surface area contributed by atoms with Gasteiger partial charge < -0.3 is 10.6 Å². The summed E-state index contributed by atoms with van der Waals surface area (Å²) in [6.45, 7) is 5.34. The Labute approximate surface area is 85.6 Å². The molecule has 1 rings (SSSR count). The molecule has 1 amide bonds. The van der Waals surface area contributed by atoms with Gasteiger partial charge in [0.2, 0.25) is 5.91 Å². The van der Waals surface area contributed by atoms with Crippen LogP contribution in [0.2, 0.25) is 0 Å². The molecule has 0 aromatic heterocycles. The molecule has 2 atom stereocenters. The summed E-state index contributed by atoms with van der Waals surface area (Å²) in [5, 5.41) is 6.14. The second-order valence-electron chi connectivity index (χ2n) is 3.64. The molecule has 0 spiro atoms. The van der Waals surface area contributed by atoms with E-state index in [1.54, 1.807) is 6.92 Å². The highest BCUT2D eigenvalue weighted by Crippen LogP contribution is 2.15. The Morgan fingerprint density at radius 3 is 3.07 bits per heavy atom. The number of hydrogen-bond acceptors (Lipinski definition) is 2. The molecule has 3 heteroatoms. The molecule has 0 unspecified atom stereocenters. The van der Waals surface area contributed by atoms with Gasteiger partial charge in [-0.2, -0.15) is 0 Å². The van der Waals surface area contributed by atoms with Gasteiger partial charge in [-0.1, -0.05) is 5.92 Å². The second kappa shape index (κ2) is 5.66. The lowest BCUT2D eigenvalue weighted by atomic mass is 9.91. The second-order valence-corrected chi connectivity index (χ2v) is 3.64. The van der Waals surface area contributed by atoms with Gasteiger partial charge in [0.1, 0.15) is 0 Å². The summed E-state index contributed by atoms with van der Waals surface area (Å²) < 4.78 is 0. The van der Waals surface area contributed by atoms with E-state index in [1.807, 2.05) is 0 Å². The minimum atomic E-state index is 0.113. The van der Waals surface area contributed by atoms with Crippen LogP contribution < -0.4 is 10.6 Å². The first-order chi connectivity index (χ1) is 6.75. The van der Waals surface area contributed by atoms with Crippen LogP contribution in [0.3, 0.4) is 0 Å². The number of hydrogen-bond donors (Lipinski definition) is 2. The number of amides is 1. The first-order valence-corrected chi connectivity index (χ1v) is 5.16. The highest BCUT2D eigenvalue weighted by atomic mass is 16.1. The third kappa shape index (κ3) is 3.04. The van der Waals surface area contributed by atoms with Crippen molar-refractivity contribution in [3.05, 3.63) is 0 Å². The van der Waals surface area contributed by atoms with E-state index in [-0.39, 0.29) is 11.8 Å². The maximum atomic E-state index is 11.7. The van der Waals surface area contributed by atoms with Crippen molar-refractivity contribution < 1.29 is 4.79 Å². The van der Waals surface area contributed by atoms with Crippen molar-refractivity contribution in [1.29, 1.82) is 0 Å². The molecule has 0 aliphatic carbocycles. The topological polar surface area (TPSA) is 41.1 Å². The minimum Gasteiger partial charge on any atom is -0.345 e. The maximum Gasteiger partial charge on any atom is 0.225 e. The minimum absolute atomic E-state index is 0.113. The maximum absolute atomic E-state index is 11.7. The molecule has 1 aliphatic rings. The van der Waals surface area contributed by atoms with Crippen molar-refractivity contribution in [2.45, 2.75) is 32.7 Å². The van der Waals surface area contributed by atoms with Crippen molar-refractivity contribution in [2.75, 3.05) is 13.1 Å². The summed E-state index contributed by atoms with van der Waals surface area (Å²) in [4.78, 5) is 11.7. The van der Waals surface area contributed by atoms with Crippen LogP contribution in [-0.4, -0.2) is 25.0 Å². The molecule has 1 fully saturated rings. The van der Waals surface area contributed by atoms with Crippen LogP contribution in [0.15, 0.2) is 0 Å². The Hall–Kier alpha value is -1.01. The number of rotatable bonds is 2. The number of piperidine rings is 1. The molecule has 0 saturated carbocycles. The molecule has 0 aromatic rings. The van der Waals surface area contributed by atoms with E-state index in [1.165, 1.54) is 0 Å². The Morgan fingerprint density at radius 1 is 1.64 bits per heavy atom. The van der Waals surface area contributed by atoms with E-state index in [9.17, 15) is 4.79 Å². The van der Waals surface area contributed by atoms with Crippen LogP contribution in [0, 0.1) is 17.8 Å². The molecular weight excluding hydrogens is 176 g/mol. The fourth-order valence-corrected chi connectivity index (χ4v) is 1.75. The van der Waals surface area contributed by atoms with E-state index in [4.69, 9.17) is 0 Å². The van der Waals surface area contributed by atoms with Crippen LogP contribution in [0.1, 0.15) is 26.7 Å². The summed E-state index contributed by atoms with van der Waals surface area (Å²) in [7, 11) is 0. The molecular formula is C11H18N2O. The van der Waals surface area contributed by atoms with Crippen LogP contribution in [0.5, 0.6) is 0 Å². The summed E-state index contributed by atoms with van der Waals surface area (Å²) in [6.07, 6.45) is 2.07. The zero-order chi connectivity index (χ0) is 10.4.